The number of benzene rings is 1. The second kappa shape index (κ2) is 46.7. The summed E-state index contributed by atoms with van der Waals surface area (Å²) >= 11 is 2.31. The van der Waals surface area contributed by atoms with Crippen molar-refractivity contribution in [3.8, 4) is 0 Å². The molecule has 40 heteroatoms. The van der Waals surface area contributed by atoms with Gasteiger partial charge in [0.05, 0.1) is 44.9 Å². The molecule has 2 heterocycles. The minimum absolute atomic E-state index is 0.0276. The van der Waals surface area contributed by atoms with Crippen LogP contribution in [0.4, 0.5) is 0 Å². The molecule has 0 spiro atoms. The lowest BCUT2D eigenvalue weighted by atomic mass is 10.0. The number of nitrogens with two attached hydrogens (primary N) is 4. The van der Waals surface area contributed by atoms with Crippen molar-refractivity contribution in [2.75, 3.05) is 76.9 Å². The number of H-pyrrole nitrogens is 2. The predicted octanol–water partition coefficient (Wildman–Crippen LogP) is -7.00. The summed E-state index contributed by atoms with van der Waals surface area (Å²) in [5.74, 6) is -14.4. The molecular weight excluding hydrogens is 1410 g/mol. The summed E-state index contributed by atoms with van der Waals surface area (Å²) in [6, 6.07) is -6.64. The van der Waals surface area contributed by atoms with Crippen LogP contribution in [0.3, 0.4) is 0 Å². The molecule has 0 radical (unpaired) electrons. The van der Waals surface area contributed by atoms with E-state index in [-0.39, 0.29) is 69.0 Å². The molecule has 105 heavy (non-hydrogen) atoms. The summed E-state index contributed by atoms with van der Waals surface area (Å²) in [5.41, 5.74) is 23.6. The molecule has 582 valence electrons. The van der Waals surface area contributed by atoms with Gasteiger partial charge in [0.25, 0.3) is 0 Å². The van der Waals surface area contributed by atoms with Crippen molar-refractivity contribution in [1.82, 2.24) is 89.0 Å². The zero-order valence-corrected chi connectivity index (χ0v) is 61.8. The smallest absolute Gasteiger partial charge is 0.245 e. The number of aliphatic hydroxyl groups is 1. The highest BCUT2D eigenvalue weighted by Crippen LogP contribution is 2.20. The standard InChI is InChI=1S/C65H103N21O17S2/c1-34(2)21-44(62(100)81-41(56(69)94)18-20-104-8)82-63(101)46(23-38-25-70-33-75-38)79-53(92)28-74-65(103)55(35(3)4)85-57(95)36(5)76-61(99)45(22-37-24-71-40-14-10-9-13-39(37)40)83-60(98)43(16-17-49(67)88)78-52(91)26-72-58(96)42(15-11-12-19-66)77-51(90)27-73-59(97)48(31-105-32-50(68)89)84-64(102)47(30-87)80-54(93)29-86(6)7/h9-10,13-14,24-25,33-36,41-48,55,71,87H,11-12,15-23,26-32,66H2,1-8H3,(H2,67,88)(H2,68,89)(H2,69,94)(H,70,75)(H,72,96)(H,73,97)(H,74,103)(H,76,99)(H,77,90)(H,78,91)(H,79,92)(H,80,93)(H,81,100)(H,82,101)(H,83,98)(H,84,102)(H,85,95)/t36-,41-,42-,43-,44-,45-,46-,47-,48-,55-/m0/s1. The normalized spacial score (nSPS) is 14.0. The van der Waals surface area contributed by atoms with E-state index in [1.54, 1.807) is 58.4 Å². The Bertz CT molecular complexity index is 3450. The molecule has 16 amide bonds. The Morgan fingerprint density at radius 3 is 1.65 bits per heavy atom. The monoisotopic (exact) mass is 1510 g/mol. The Morgan fingerprint density at radius 1 is 0.552 bits per heavy atom. The van der Waals surface area contributed by atoms with Crippen molar-refractivity contribution >= 4 is 129 Å². The van der Waals surface area contributed by atoms with Crippen LogP contribution in [0, 0.1) is 11.8 Å². The highest BCUT2D eigenvalue weighted by Gasteiger charge is 2.35. The SMILES string of the molecule is CSCC[C@H](NC(=O)[C@H](CC(C)C)NC(=O)[C@H](Cc1cnc[nH]1)NC(=O)CNC(=O)[C@@H](NC(=O)[C@H](C)NC(=O)[C@H](Cc1c[nH]c2ccccc12)NC(=O)[C@H](CCC(N)=O)NC(=O)CNC(=O)[C@H](CCCCN)NC(=O)CNC(=O)[C@H](CSCC(N)=O)NC(=O)[C@H](CO)NC(=O)CN(C)C)C(C)C)C(N)=O. The summed E-state index contributed by atoms with van der Waals surface area (Å²) in [6.07, 6.45) is 5.98. The van der Waals surface area contributed by atoms with Gasteiger partial charge in [-0.1, -0.05) is 45.9 Å². The number of carbonyl (C=O) groups excluding carboxylic acids is 16. The van der Waals surface area contributed by atoms with Crippen molar-refractivity contribution in [3.05, 3.63) is 54.2 Å². The molecule has 10 atom stereocenters. The molecule has 3 rings (SSSR count). The van der Waals surface area contributed by atoms with Crippen LogP contribution in [0.2, 0.25) is 0 Å². The van der Waals surface area contributed by atoms with Crippen LogP contribution in [-0.4, -0.2) is 257 Å². The van der Waals surface area contributed by atoms with Crippen molar-refractivity contribution < 1.29 is 81.8 Å². The molecule has 0 unspecified atom stereocenters. The zero-order chi connectivity index (χ0) is 78.5. The maximum atomic E-state index is 14.4. The molecule has 0 bridgehead atoms. The largest absolute Gasteiger partial charge is 0.394 e. The summed E-state index contributed by atoms with van der Waals surface area (Å²) in [4.78, 5) is 225. The van der Waals surface area contributed by atoms with Crippen molar-refractivity contribution in [2.24, 2.45) is 34.8 Å². The lowest BCUT2D eigenvalue weighted by Gasteiger charge is -2.26. The summed E-state index contributed by atoms with van der Waals surface area (Å²) in [6.45, 7) is 5.05. The number of imidazole rings is 1. The quantitative estimate of drug-likeness (QED) is 0.0234. The van der Waals surface area contributed by atoms with Crippen LogP contribution < -0.4 is 92.1 Å². The number of rotatable bonds is 50. The van der Waals surface area contributed by atoms with Gasteiger partial charge in [0.1, 0.15) is 60.4 Å². The van der Waals surface area contributed by atoms with E-state index >= 15 is 0 Å². The number of aromatic amines is 2. The van der Waals surface area contributed by atoms with E-state index in [0.717, 1.165) is 11.8 Å². The number of aromatic nitrogens is 3. The topological polar surface area (TPSA) is 602 Å². The predicted molar refractivity (Wildman–Crippen MR) is 388 cm³/mol. The third-order valence-electron chi connectivity index (χ3n) is 15.6. The number of carbonyl (C=O) groups is 16. The maximum absolute atomic E-state index is 14.4. The lowest BCUT2D eigenvalue weighted by molar-refractivity contribution is -0.135. The molecule has 1 aromatic carbocycles. The molecular formula is C65H103N21O17S2. The molecule has 0 aliphatic carbocycles. The summed E-state index contributed by atoms with van der Waals surface area (Å²) in [5, 5.41) is 42.9. The molecule has 0 fully saturated rings. The fourth-order valence-corrected chi connectivity index (χ4v) is 11.4. The molecule has 3 aromatic rings. The molecule has 24 N–H and O–H groups in total. The first kappa shape index (κ1) is 89.3. The van der Waals surface area contributed by atoms with Crippen LogP contribution in [-0.2, 0) is 89.6 Å². The molecule has 0 aliphatic rings. The highest BCUT2D eigenvalue weighted by molar-refractivity contribution is 8.00. The highest BCUT2D eigenvalue weighted by atomic mass is 32.2. The van der Waals surface area contributed by atoms with Gasteiger partial charge in [-0.05, 0) is 102 Å². The molecule has 38 nitrogen and oxygen atoms in total. The van der Waals surface area contributed by atoms with Crippen LogP contribution in [0.25, 0.3) is 10.9 Å². The van der Waals surface area contributed by atoms with E-state index in [0.29, 0.717) is 34.3 Å². The average Bonchev–Trinajstić information content (AvgIpc) is 1.72. The average molecular weight is 1510 g/mol. The Balaban J connectivity index is 1.77. The number of primary amides is 3. The Kier molecular flexibility index (Phi) is 39.7. The van der Waals surface area contributed by atoms with Gasteiger partial charge < -0.3 is 112 Å². The number of para-hydroxylation sites is 1. The van der Waals surface area contributed by atoms with E-state index in [9.17, 15) is 81.8 Å². The number of fused-ring (bicyclic) bond motifs is 1. The molecule has 2 aromatic heterocycles. The van der Waals surface area contributed by atoms with Crippen LogP contribution in [0.1, 0.15) is 90.8 Å². The third kappa shape index (κ3) is 33.6. The maximum Gasteiger partial charge on any atom is 0.245 e. The van der Waals surface area contributed by atoms with Gasteiger partial charge >= 0.3 is 0 Å². The minimum atomic E-state index is -1.60. The zero-order valence-electron chi connectivity index (χ0n) is 60.2. The van der Waals surface area contributed by atoms with E-state index in [1.807, 2.05) is 20.1 Å². The van der Waals surface area contributed by atoms with Gasteiger partial charge in [0.2, 0.25) is 94.5 Å². The van der Waals surface area contributed by atoms with Gasteiger partial charge in [-0.2, -0.15) is 11.8 Å². The van der Waals surface area contributed by atoms with Crippen molar-refractivity contribution in [1.29, 1.82) is 0 Å². The number of unbranched alkanes of at least 4 members (excludes halogenated alkanes) is 1. The van der Waals surface area contributed by atoms with Crippen molar-refractivity contribution in [2.45, 2.75) is 153 Å². The number of nitrogens with zero attached hydrogens (tertiary/aromatic N) is 2. The Morgan fingerprint density at radius 2 is 1.09 bits per heavy atom. The number of amides is 16. The van der Waals surface area contributed by atoms with Crippen LogP contribution in [0.5, 0.6) is 0 Å². The molecule has 0 aliphatic heterocycles. The first-order valence-corrected chi connectivity index (χ1v) is 36.4. The fourth-order valence-electron chi connectivity index (χ4n) is 10.2. The Hall–Kier alpha value is -9.93. The second-order valence-electron chi connectivity index (χ2n) is 25.7. The second-order valence-corrected chi connectivity index (χ2v) is 27.7. The summed E-state index contributed by atoms with van der Waals surface area (Å²) in [7, 11) is 3.19. The fraction of sp³-hybridized carbons (Fsp3) is 0.585. The first-order valence-electron chi connectivity index (χ1n) is 33.9. The minimum Gasteiger partial charge on any atom is -0.394 e. The number of hydrogen-bond acceptors (Lipinski definition) is 22. The van der Waals surface area contributed by atoms with Crippen molar-refractivity contribution in [3.63, 3.8) is 0 Å². The Labute approximate surface area is 615 Å². The van der Waals surface area contributed by atoms with E-state index in [1.165, 1.54) is 36.1 Å². The van der Waals surface area contributed by atoms with Gasteiger partial charge in [-0.25, -0.2) is 4.98 Å². The molecule has 0 saturated heterocycles. The number of nitrogens with one attached hydrogen (secondary N) is 15. The summed E-state index contributed by atoms with van der Waals surface area (Å²) < 4.78 is 0. The van der Waals surface area contributed by atoms with Gasteiger partial charge in [0.15, 0.2) is 0 Å². The lowest BCUT2D eigenvalue weighted by Crippen LogP contribution is -2.59. The van der Waals surface area contributed by atoms with Gasteiger partial charge in [-0.15, -0.1) is 11.8 Å². The van der Waals surface area contributed by atoms with E-state index < -0.39 is 200 Å². The number of thioether (sulfide) groups is 2. The number of aliphatic hydroxyl groups excluding tert-OH is 1. The van der Waals surface area contributed by atoms with Crippen LogP contribution >= 0.6 is 23.5 Å². The number of likely N-dealkylation sites (N-methyl/N-ethyl adjacent to an activating group) is 1. The first-order chi connectivity index (χ1) is 49.7. The van der Waals surface area contributed by atoms with Crippen LogP contribution in [0.15, 0.2) is 43.0 Å². The van der Waals surface area contributed by atoms with Gasteiger partial charge in [-0.3, -0.25) is 76.7 Å². The van der Waals surface area contributed by atoms with E-state index in [2.05, 4.69) is 84.1 Å². The van der Waals surface area contributed by atoms with E-state index in [4.69, 9.17) is 22.9 Å². The number of hydrogen-bond donors (Lipinski definition) is 20. The van der Waals surface area contributed by atoms with Gasteiger partial charge in [0, 0.05) is 54.0 Å². The third-order valence-corrected chi connectivity index (χ3v) is 17.3. The molecule has 0 saturated carbocycles.